The second-order valence-corrected chi connectivity index (χ2v) is 3.74. The van der Waals surface area contributed by atoms with Gasteiger partial charge in [0.2, 0.25) is 5.91 Å². The zero-order valence-electron chi connectivity index (χ0n) is 8.94. The number of ether oxygens (including phenoxy) is 1. The quantitative estimate of drug-likeness (QED) is 0.771. The van der Waals surface area contributed by atoms with Crippen LogP contribution >= 0.6 is 0 Å². The molecule has 0 aliphatic carbocycles. The second-order valence-electron chi connectivity index (χ2n) is 3.74. The van der Waals surface area contributed by atoms with Crippen molar-refractivity contribution in [3.63, 3.8) is 0 Å². The molecule has 1 aromatic rings. The Hall–Kier alpha value is -1.62. The number of nitrogens with two attached hydrogens (primary N) is 1. The zero-order chi connectivity index (χ0) is 11.7. The molecule has 0 fully saturated rings. The summed E-state index contributed by atoms with van der Waals surface area (Å²) in [5.41, 5.74) is 6.13. The fraction of sp³-hybridized carbons (Fsp3) is 0.364. The van der Waals surface area contributed by atoms with E-state index in [1.54, 1.807) is 6.92 Å². The molecule has 86 valence electrons. The lowest BCUT2D eigenvalue weighted by atomic mass is 10.2. The summed E-state index contributed by atoms with van der Waals surface area (Å²) in [6, 6.07) is 3.53. The van der Waals surface area contributed by atoms with Gasteiger partial charge in [-0.05, 0) is 19.1 Å². The van der Waals surface area contributed by atoms with Gasteiger partial charge in [-0.2, -0.15) is 0 Å². The molecule has 16 heavy (non-hydrogen) atoms. The van der Waals surface area contributed by atoms with E-state index >= 15 is 0 Å². The minimum atomic E-state index is -0.573. The highest BCUT2D eigenvalue weighted by atomic mass is 19.1. The van der Waals surface area contributed by atoms with Crippen molar-refractivity contribution < 1.29 is 13.9 Å². The number of carbonyl (C=O) groups excluding carboxylic acids is 1. The minimum Gasteiger partial charge on any atom is -0.489 e. The third-order valence-electron chi connectivity index (χ3n) is 2.44. The molecular formula is C11H13FN2O2. The molecule has 1 heterocycles. The van der Waals surface area contributed by atoms with Crippen LogP contribution in [-0.4, -0.2) is 25.1 Å². The molecule has 0 bridgehead atoms. The molecule has 0 radical (unpaired) electrons. The molecule has 2 rings (SSSR count). The maximum Gasteiger partial charge on any atom is 0.243 e. The van der Waals surface area contributed by atoms with Gasteiger partial charge in [-0.3, -0.25) is 4.79 Å². The molecule has 0 saturated heterocycles. The molecule has 2 N–H and O–H groups in total. The maximum absolute atomic E-state index is 13.0. The van der Waals surface area contributed by atoms with Crippen molar-refractivity contribution in [2.75, 3.05) is 18.1 Å². The van der Waals surface area contributed by atoms with E-state index in [0.717, 1.165) is 0 Å². The molecule has 0 aromatic heterocycles. The van der Waals surface area contributed by atoms with Gasteiger partial charge in [0, 0.05) is 6.07 Å². The lowest BCUT2D eigenvalue weighted by molar-refractivity contribution is -0.119. The van der Waals surface area contributed by atoms with E-state index in [9.17, 15) is 9.18 Å². The third-order valence-corrected chi connectivity index (χ3v) is 2.44. The fourth-order valence-electron chi connectivity index (χ4n) is 1.67. The van der Waals surface area contributed by atoms with Crippen LogP contribution in [0.2, 0.25) is 0 Å². The molecule has 5 heteroatoms. The lowest BCUT2D eigenvalue weighted by Crippen LogP contribution is -2.45. The number of carbonyl (C=O) groups is 1. The van der Waals surface area contributed by atoms with Gasteiger partial charge in [0.1, 0.15) is 18.2 Å². The summed E-state index contributed by atoms with van der Waals surface area (Å²) < 4.78 is 18.3. The number of anilines is 1. The Kier molecular flexibility index (Phi) is 2.78. The number of benzene rings is 1. The largest absolute Gasteiger partial charge is 0.489 e. The van der Waals surface area contributed by atoms with Crippen LogP contribution in [0.1, 0.15) is 6.92 Å². The van der Waals surface area contributed by atoms with Crippen LogP contribution in [0, 0.1) is 5.82 Å². The number of amides is 1. The van der Waals surface area contributed by atoms with Crippen LogP contribution in [0.25, 0.3) is 0 Å². The van der Waals surface area contributed by atoms with Crippen molar-refractivity contribution in [3.05, 3.63) is 24.0 Å². The maximum atomic E-state index is 13.0. The van der Waals surface area contributed by atoms with Crippen molar-refractivity contribution in [2.45, 2.75) is 13.0 Å². The topological polar surface area (TPSA) is 55.6 Å². The minimum absolute atomic E-state index is 0.184. The van der Waals surface area contributed by atoms with Crippen LogP contribution in [0.4, 0.5) is 10.1 Å². The van der Waals surface area contributed by atoms with E-state index in [-0.39, 0.29) is 11.7 Å². The molecule has 4 nitrogen and oxygen atoms in total. The average molecular weight is 224 g/mol. The predicted molar refractivity (Wildman–Crippen MR) is 57.9 cm³/mol. The molecule has 1 aliphatic heterocycles. The standard InChI is InChI=1S/C11H13FN2O2/c1-7(13)11(15)14-4-5-16-10-6-8(12)2-3-9(10)14/h2-3,6-7H,4-5,13H2,1H3/t7-/m0/s1. The van der Waals surface area contributed by atoms with Gasteiger partial charge in [-0.1, -0.05) is 0 Å². The first-order chi connectivity index (χ1) is 7.59. The van der Waals surface area contributed by atoms with Gasteiger partial charge in [0.25, 0.3) is 0 Å². The average Bonchev–Trinajstić information content (AvgIpc) is 2.26. The SMILES string of the molecule is C[C@H](N)C(=O)N1CCOc2cc(F)ccc21. The molecule has 0 spiro atoms. The predicted octanol–water partition coefficient (Wildman–Crippen LogP) is 0.898. The van der Waals surface area contributed by atoms with Gasteiger partial charge >= 0.3 is 0 Å². The van der Waals surface area contributed by atoms with Crippen LogP contribution in [0.3, 0.4) is 0 Å². The summed E-state index contributed by atoms with van der Waals surface area (Å²) in [4.78, 5) is 13.3. The van der Waals surface area contributed by atoms with E-state index < -0.39 is 6.04 Å². The van der Waals surface area contributed by atoms with Crippen LogP contribution in [-0.2, 0) is 4.79 Å². The van der Waals surface area contributed by atoms with Crippen molar-refractivity contribution in [2.24, 2.45) is 5.73 Å². The van der Waals surface area contributed by atoms with Gasteiger partial charge < -0.3 is 15.4 Å². The summed E-state index contributed by atoms with van der Waals surface area (Å²) in [5.74, 6) is -0.176. The van der Waals surface area contributed by atoms with Gasteiger partial charge in [-0.25, -0.2) is 4.39 Å². The summed E-state index contributed by atoms with van der Waals surface area (Å²) in [6.45, 7) is 2.43. The normalized spacial score (nSPS) is 16.3. The summed E-state index contributed by atoms with van der Waals surface area (Å²) >= 11 is 0. The highest BCUT2D eigenvalue weighted by molar-refractivity contribution is 5.98. The van der Waals surface area contributed by atoms with Crippen molar-refractivity contribution in [1.82, 2.24) is 0 Å². The Morgan fingerprint density at radius 1 is 1.62 bits per heavy atom. The first kappa shape index (κ1) is 10.9. The Bertz CT molecular complexity index is 420. The van der Waals surface area contributed by atoms with Crippen LogP contribution in [0.5, 0.6) is 5.75 Å². The second kappa shape index (κ2) is 4.09. The fourth-order valence-corrected chi connectivity index (χ4v) is 1.67. The smallest absolute Gasteiger partial charge is 0.243 e. The Labute approximate surface area is 92.8 Å². The summed E-state index contributed by atoms with van der Waals surface area (Å²) in [5, 5.41) is 0. The number of fused-ring (bicyclic) bond motifs is 1. The number of nitrogens with zero attached hydrogens (tertiary/aromatic N) is 1. The van der Waals surface area contributed by atoms with Crippen LogP contribution in [0.15, 0.2) is 18.2 Å². The highest BCUT2D eigenvalue weighted by Gasteiger charge is 2.25. The Balaban J connectivity index is 2.37. The van der Waals surface area contributed by atoms with Gasteiger partial charge in [0.15, 0.2) is 0 Å². The summed E-state index contributed by atoms with van der Waals surface area (Å²) in [7, 11) is 0. The van der Waals surface area contributed by atoms with Crippen molar-refractivity contribution in [1.29, 1.82) is 0 Å². The lowest BCUT2D eigenvalue weighted by Gasteiger charge is -2.30. The molecule has 0 unspecified atom stereocenters. The van der Waals surface area contributed by atoms with Crippen LogP contribution < -0.4 is 15.4 Å². The first-order valence-electron chi connectivity index (χ1n) is 5.09. The van der Waals surface area contributed by atoms with Crippen molar-refractivity contribution >= 4 is 11.6 Å². The van der Waals surface area contributed by atoms with E-state index in [4.69, 9.17) is 10.5 Å². The number of halogens is 1. The van der Waals surface area contributed by atoms with E-state index in [1.165, 1.54) is 23.1 Å². The molecule has 1 amide bonds. The Morgan fingerprint density at radius 3 is 3.06 bits per heavy atom. The van der Waals surface area contributed by atoms with E-state index in [2.05, 4.69) is 0 Å². The monoisotopic (exact) mass is 224 g/mol. The molecule has 1 aliphatic rings. The highest BCUT2D eigenvalue weighted by Crippen LogP contribution is 2.32. The first-order valence-corrected chi connectivity index (χ1v) is 5.09. The Morgan fingerprint density at radius 2 is 2.38 bits per heavy atom. The van der Waals surface area contributed by atoms with Crippen molar-refractivity contribution in [3.8, 4) is 5.75 Å². The molecule has 1 aromatic carbocycles. The summed E-state index contributed by atoms with van der Waals surface area (Å²) in [6.07, 6.45) is 0. The number of rotatable bonds is 1. The van der Waals surface area contributed by atoms with Gasteiger partial charge in [-0.15, -0.1) is 0 Å². The van der Waals surface area contributed by atoms with Gasteiger partial charge in [0.05, 0.1) is 18.3 Å². The molecule has 0 saturated carbocycles. The third kappa shape index (κ3) is 1.86. The molecular weight excluding hydrogens is 211 g/mol. The van der Waals surface area contributed by atoms with E-state index in [1.807, 2.05) is 0 Å². The van der Waals surface area contributed by atoms with E-state index in [0.29, 0.717) is 24.6 Å². The number of hydrogen-bond donors (Lipinski definition) is 1. The zero-order valence-corrected chi connectivity index (χ0v) is 8.94. The molecule has 1 atom stereocenters. The number of hydrogen-bond acceptors (Lipinski definition) is 3.